The van der Waals surface area contributed by atoms with E-state index in [4.69, 9.17) is 14.2 Å². The molecule has 5 atom stereocenters. The molecule has 14 heteroatoms. The van der Waals surface area contributed by atoms with E-state index < -0.39 is 60.2 Å². The molecule has 49 heavy (non-hydrogen) atoms. The number of carbonyl (C=O) groups excluding carboxylic acids is 7. The summed E-state index contributed by atoms with van der Waals surface area (Å²) >= 11 is 0. The second-order valence-electron chi connectivity index (χ2n) is 13.1. The molecule has 1 N–H and O–H groups in total. The lowest BCUT2D eigenvalue weighted by Crippen LogP contribution is -2.50. The molecule has 0 aliphatic carbocycles. The highest BCUT2D eigenvalue weighted by Crippen LogP contribution is 2.25. The molecule has 2 aliphatic heterocycles. The minimum Gasteiger partial charge on any atom is -0.464 e. The average Bonchev–Trinajstić information content (AvgIpc) is 3.71. The Balaban J connectivity index is 0.000000524. The van der Waals surface area contributed by atoms with Gasteiger partial charge in [-0.15, -0.1) is 0 Å². The summed E-state index contributed by atoms with van der Waals surface area (Å²) in [7, 11) is 3.25. The van der Waals surface area contributed by atoms with Gasteiger partial charge >= 0.3 is 18.0 Å². The van der Waals surface area contributed by atoms with Gasteiger partial charge in [0.2, 0.25) is 11.8 Å². The summed E-state index contributed by atoms with van der Waals surface area (Å²) in [5.41, 5.74) is -0.301. The van der Waals surface area contributed by atoms with Gasteiger partial charge in [0.05, 0.1) is 18.5 Å². The number of hydrogen-bond acceptors (Lipinski definition) is 11. The number of amides is 3. The molecule has 0 bridgehead atoms. The van der Waals surface area contributed by atoms with Gasteiger partial charge in [-0.3, -0.25) is 24.1 Å². The molecule has 0 aromatic rings. The van der Waals surface area contributed by atoms with E-state index in [1.165, 1.54) is 32.9 Å². The SMILES string of the molecule is C=C/C=C(\C=C)C(=O)COC(=O)CCOC(=O)C1CC(C)CN1C(=O)C(C)NC.CC(C=O)N(C)C(=O)C1CCCN1C(=O)OC(C)(C)C. The highest BCUT2D eigenvalue weighted by Gasteiger charge is 2.40. The zero-order valence-corrected chi connectivity index (χ0v) is 30.2. The van der Waals surface area contributed by atoms with Crippen LogP contribution in [-0.4, -0.2) is 127 Å². The lowest BCUT2D eigenvalue weighted by atomic mass is 10.1. The van der Waals surface area contributed by atoms with Gasteiger partial charge in [0, 0.05) is 25.7 Å². The maximum absolute atomic E-state index is 12.4. The molecule has 5 unspecified atom stereocenters. The first-order valence-corrected chi connectivity index (χ1v) is 16.4. The van der Waals surface area contributed by atoms with E-state index in [1.807, 2.05) is 6.92 Å². The van der Waals surface area contributed by atoms with Gasteiger partial charge in [0.1, 0.15) is 30.6 Å². The number of likely N-dealkylation sites (N-methyl/N-ethyl adjacent to an activating group) is 2. The van der Waals surface area contributed by atoms with Gasteiger partial charge in [-0.25, -0.2) is 9.59 Å². The molecule has 3 amide bonds. The number of Topliss-reactive ketones (excluding diaryl/α,β-unsaturated/α-hetero) is 1. The highest BCUT2D eigenvalue weighted by molar-refractivity contribution is 5.99. The molecule has 0 aromatic heterocycles. The third kappa shape index (κ3) is 13.6. The van der Waals surface area contributed by atoms with Crippen molar-refractivity contribution in [3.8, 4) is 0 Å². The van der Waals surface area contributed by atoms with E-state index in [1.54, 1.807) is 48.7 Å². The molecule has 0 aromatic carbocycles. The summed E-state index contributed by atoms with van der Waals surface area (Å²) in [6, 6.07) is -2.09. The smallest absolute Gasteiger partial charge is 0.410 e. The number of carbonyl (C=O) groups is 7. The van der Waals surface area contributed by atoms with Gasteiger partial charge in [-0.1, -0.05) is 38.3 Å². The first-order valence-electron chi connectivity index (χ1n) is 16.4. The number of esters is 2. The number of nitrogens with zero attached hydrogens (tertiary/aromatic N) is 3. The maximum atomic E-state index is 12.4. The van der Waals surface area contributed by atoms with E-state index in [-0.39, 0.29) is 36.3 Å². The van der Waals surface area contributed by atoms with Crippen molar-refractivity contribution < 1.29 is 47.8 Å². The number of aldehydes is 1. The number of ether oxygens (including phenoxy) is 3. The molecular weight excluding hydrogens is 636 g/mol. The minimum absolute atomic E-state index is 0.165. The van der Waals surface area contributed by atoms with Crippen LogP contribution in [0.15, 0.2) is 37.0 Å². The molecule has 14 nitrogen and oxygen atoms in total. The molecule has 2 aliphatic rings. The Morgan fingerprint density at radius 3 is 2.24 bits per heavy atom. The Kier molecular flexibility index (Phi) is 17.6. The fourth-order valence-corrected chi connectivity index (χ4v) is 5.01. The van der Waals surface area contributed by atoms with Gasteiger partial charge in [0.15, 0.2) is 12.4 Å². The number of likely N-dealkylation sites (tertiary alicyclic amines) is 2. The standard InChI is InChI=1S/C21H30N2O6.C14H24N2O4/c1-6-8-16(7-2)18(24)13-29-19(25)9-10-28-21(27)17-11-14(3)12-23(17)20(26)15(4)22-5;1-10(9-17)15(5)12(18)11-7-6-8-16(11)13(19)20-14(2,3)4/h6-8,14-15,17,22H,1-2,9-13H2,3-5H3;9-11H,6-8H2,1-5H3/b16-8+;. The van der Waals surface area contributed by atoms with Crippen molar-refractivity contribution in [3.05, 3.63) is 37.0 Å². The third-order valence-corrected chi connectivity index (χ3v) is 7.94. The zero-order chi connectivity index (χ0) is 37.5. The predicted octanol–water partition coefficient (Wildman–Crippen LogP) is 2.61. The molecule has 2 saturated heterocycles. The van der Waals surface area contributed by atoms with E-state index in [9.17, 15) is 33.6 Å². The molecule has 274 valence electrons. The molecule has 2 heterocycles. The third-order valence-electron chi connectivity index (χ3n) is 7.94. The predicted molar refractivity (Wildman–Crippen MR) is 182 cm³/mol. The Labute approximate surface area is 289 Å². The van der Waals surface area contributed by atoms with Gasteiger partial charge in [-0.2, -0.15) is 0 Å². The van der Waals surface area contributed by atoms with Crippen LogP contribution < -0.4 is 5.32 Å². The van der Waals surface area contributed by atoms with Crippen LogP contribution in [0.1, 0.15) is 67.2 Å². The molecule has 0 saturated carbocycles. The van der Waals surface area contributed by atoms with Crippen LogP contribution in [0.5, 0.6) is 0 Å². The first-order chi connectivity index (χ1) is 22.9. The number of hydrogen-bond donors (Lipinski definition) is 1. The van der Waals surface area contributed by atoms with Gasteiger partial charge in [0.25, 0.3) is 0 Å². The quantitative estimate of drug-likeness (QED) is 0.0935. The molecular formula is C35H54N4O10. The van der Waals surface area contributed by atoms with Crippen LogP contribution in [0.4, 0.5) is 4.79 Å². The van der Waals surface area contributed by atoms with E-state index in [2.05, 4.69) is 18.5 Å². The number of allylic oxidation sites excluding steroid dienone is 3. The van der Waals surface area contributed by atoms with Crippen LogP contribution in [0.25, 0.3) is 0 Å². The van der Waals surface area contributed by atoms with Crippen molar-refractivity contribution in [2.75, 3.05) is 40.4 Å². The fraction of sp³-hybridized carbons (Fsp3) is 0.629. The minimum atomic E-state index is -0.662. The monoisotopic (exact) mass is 690 g/mol. The number of nitrogens with one attached hydrogen (secondary N) is 1. The van der Waals surface area contributed by atoms with Crippen molar-refractivity contribution in [1.82, 2.24) is 20.0 Å². The number of rotatable bonds is 14. The van der Waals surface area contributed by atoms with Crippen molar-refractivity contribution in [2.24, 2.45) is 5.92 Å². The highest BCUT2D eigenvalue weighted by atomic mass is 16.6. The van der Waals surface area contributed by atoms with Crippen LogP contribution in [0.3, 0.4) is 0 Å². The van der Waals surface area contributed by atoms with Crippen molar-refractivity contribution >= 4 is 41.9 Å². The molecule has 0 radical (unpaired) electrons. The normalized spacial score (nSPS) is 20.2. The summed E-state index contributed by atoms with van der Waals surface area (Å²) < 4.78 is 15.4. The van der Waals surface area contributed by atoms with Crippen LogP contribution in [-0.2, 0) is 43.0 Å². The van der Waals surface area contributed by atoms with Crippen LogP contribution in [0.2, 0.25) is 0 Å². The largest absolute Gasteiger partial charge is 0.464 e. The van der Waals surface area contributed by atoms with Crippen LogP contribution >= 0.6 is 0 Å². The zero-order valence-electron chi connectivity index (χ0n) is 30.2. The molecule has 2 rings (SSSR count). The second kappa shape index (κ2) is 20.2. The average molecular weight is 691 g/mol. The van der Waals surface area contributed by atoms with E-state index in [0.717, 1.165) is 6.42 Å². The van der Waals surface area contributed by atoms with Gasteiger partial charge < -0.3 is 34.1 Å². The van der Waals surface area contributed by atoms with Gasteiger partial charge in [-0.05, 0) is 66.8 Å². The Morgan fingerprint density at radius 2 is 1.69 bits per heavy atom. The summed E-state index contributed by atoms with van der Waals surface area (Å²) in [5.74, 6) is -1.81. The maximum Gasteiger partial charge on any atom is 0.410 e. The van der Waals surface area contributed by atoms with Crippen molar-refractivity contribution in [3.63, 3.8) is 0 Å². The summed E-state index contributed by atoms with van der Waals surface area (Å²) in [4.78, 5) is 88.0. The molecule has 2 fully saturated rings. The number of ketones is 1. The van der Waals surface area contributed by atoms with Crippen molar-refractivity contribution in [2.45, 2.75) is 97.0 Å². The topological polar surface area (TPSA) is 169 Å². The van der Waals surface area contributed by atoms with Crippen molar-refractivity contribution in [1.29, 1.82) is 0 Å². The second-order valence-corrected chi connectivity index (χ2v) is 13.1. The van der Waals surface area contributed by atoms with E-state index in [0.29, 0.717) is 32.2 Å². The fourth-order valence-electron chi connectivity index (χ4n) is 5.01. The Bertz CT molecular complexity index is 1260. The summed E-state index contributed by atoms with van der Waals surface area (Å²) in [5, 5.41) is 2.87. The Hall–Kier alpha value is -4.33. The Morgan fingerprint density at radius 1 is 1.04 bits per heavy atom. The lowest BCUT2D eigenvalue weighted by molar-refractivity contribution is -0.156. The summed E-state index contributed by atoms with van der Waals surface area (Å²) in [6.45, 7) is 18.1. The molecule has 0 spiro atoms. The lowest BCUT2D eigenvalue weighted by Gasteiger charge is -2.31. The van der Waals surface area contributed by atoms with E-state index >= 15 is 0 Å². The summed E-state index contributed by atoms with van der Waals surface area (Å²) in [6.07, 6.45) is 6.19. The first kappa shape index (κ1) is 42.7. The van der Waals surface area contributed by atoms with Crippen LogP contribution in [0, 0.1) is 5.92 Å².